The molecule has 0 amide bonds. The second-order valence-electron chi connectivity index (χ2n) is 18.5. The molecule has 1 N–H and O–H groups in total. The lowest BCUT2D eigenvalue weighted by Gasteiger charge is -2.45. The molecule has 2 aromatic heterocycles. The van der Waals surface area contributed by atoms with Gasteiger partial charge in [-0.2, -0.15) is 0 Å². The Morgan fingerprint density at radius 1 is 0.836 bits per heavy atom. The highest BCUT2D eigenvalue weighted by atomic mass is 32.1. The van der Waals surface area contributed by atoms with Gasteiger partial charge in [-0.1, -0.05) is 134 Å². The highest BCUT2D eigenvalue weighted by molar-refractivity contribution is 7.10. The molecular weight excluding hydrogens is 821 g/mol. The first-order valence-electron chi connectivity index (χ1n) is 21.2. The van der Waals surface area contributed by atoms with E-state index in [4.69, 9.17) is 18.6 Å². The number of methoxy groups -OCH3 is 1. The third-order valence-corrected chi connectivity index (χ3v) is 18.3. The van der Waals surface area contributed by atoms with E-state index in [1.165, 1.54) is 22.7 Å². The number of aromatic nitrogens is 2. The summed E-state index contributed by atoms with van der Waals surface area (Å²) in [6.45, 7) is 25.0. The summed E-state index contributed by atoms with van der Waals surface area (Å²) in [4.78, 5) is 36.4. The molecule has 3 heterocycles. The lowest BCUT2D eigenvalue weighted by Crippen LogP contribution is -2.51. The van der Waals surface area contributed by atoms with Crippen LogP contribution >= 0.6 is 22.7 Å². The number of aliphatic hydroxyl groups excluding tert-OH is 1. The van der Waals surface area contributed by atoms with Gasteiger partial charge in [0.05, 0.1) is 23.3 Å². The Hall–Kier alpha value is -3.78. The van der Waals surface area contributed by atoms with Crippen molar-refractivity contribution in [3.63, 3.8) is 0 Å². The Balaban J connectivity index is 1.61. The summed E-state index contributed by atoms with van der Waals surface area (Å²) >= 11 is 2.77. The van der Waals surface area contributed by atoms with E-state index < -0.39 is 49.4 Å². The molecule has 0 aromatic carbocycles. The maximum Gasteiger partial charge on any atom is 0.358 e. The number of carbonyl (C=O) groups is 2. The normalized spacial score (nSPS) is 27.0. The number of fused-ring (bicyclic) bond motifs is 5. The van der Waals surface area contributed by atoms with Crippen LogP contribution in [0, 0.1) is 22.7 Å². The third-order valence-electron chi connectivity index (χ3n) is 12.1. The van der Waals surface area contributed by atoms with Gasteiger partial charge in [0, 0.05) is 48.0 Å². The largest absolute Gasteiger partial charge is 0.457 e. The lowest BCUT2D eigenvalue weighted by molar-refractivity contribution is -0.0457. The molecule has 61 heavy (non-hydrogen) atoms. The highest BCUT2D eigenvalue weighted by Gasteiger charge is 2.46. The van der Waals surface area contributed by atoms with Crippen molar-refractivity contribution in [3.8, 4) is 0 Å². The molecule has 0 spiro atoms. The fourth-order valence-electron chi connectivity index (χ4n) is 6.54. The first-order chi connectivity index (χ1) is 28.7. The molecule has 2 aliphatic rings. The van der Waals surface area contributed by atoms with E-state index >= 15 is 0 Å². The smallest absolute Gasteiger partial charge is 0.358 e. The van der Waals surface area contributed by atoms with Crippen molar-refractivity contribution < 1.29 is 33.3 Å². The van der Waals surface area contributed by atoms with Gasteiger partial charge in [-0.3, -0.25) is 0 Å². The minimum atomic E-state index is -2.20. The molecule has 7 atom stereocenters. The first kappa shape index (κ1) is 49.9. The molecule has 2 aromatic rings. The Kier molecular flexibility index (Phi) is 18.0. The van der Waals surface area contributed by atoms with E-state index in [0.717, 1.165) is 11.4 Å². The second kappa shape index (κ2) is 22.0. The molecule has 1 saturated carbocycles. The van der Waals surface area contributed by atoms with Crippen LogP contribution in [-0.4, -0.2) is 73.0 Å². The number of allylic oxidation sites excluding steroid dienone is 9. The lowest BCUT2D eigenvalue weighted by atomic mass is 9.79. The van der Waals surface area contributed by atoms with Crippen molar-refractivity contribution >= 4 is 49.0 Å². The molecule has 1 aliphatic carbocycles. The van der Waals surface area contributed by atoms with Crippen molar-refractivity contribution in [2.45, 2.75) is 130 Å². The molecule has 4 bridgehead atoms. The zero-order chi connectivity index (χ0) is 45.0. The van der Waals surface area contributed by atoms with Crippen LogP contribution in [0.3, 0.4) is 0 Å². The Morgan fingerprint density at radius 2 is 1.44 bits per heavy atom. The second-order valence-corrected chi connectivity index (χ2v) is 25.1. The summed E-state index contributed by atoms with van der Waals surface area (Å²) < 4.78 is 25.0. The van der Waals surface area contributed by atoms with Crippen molar-refractivity contribution in [3.05, 3.63) is 124 Å². The van der Waals surface area contributed by atoms with Crippen molar-refractivity contribution in [2.24, 2.45) is 22.7 Å². The number of ether oxygens (including phenoxy) is 3. The number of carbonyl (C=O) groups excluding carboxylic acids is 2. The number of cyclic esters (lactones) is 2. The maximum atomic E-state index is 13.7. The van der Waals surface area contributed by atoms with Crippen LogP contribution in [0.5, 0.6) is 0 Å². The van der Waals surface area contributed by atoms with Gasteiger partial charge in [-0.05, 0) is 49.4 Å². The van der Waals surface area contributed by atoms with Crippen LogP contribution in [0.2, 0.25) is 18.1 Å². The van der Waals surface area contributed by atoms with Crippen LogP contribution in [0.1, 0.15) is 106 Å². The number of nitrogens with zero attached hydrogens (tertiary/aromatic N) is 2. The van der Waals surface area contributed by atoms with Crippen LogP contribution in [0.4, 0.5) is 0 Å². The topological polar surface area (TPSA) is 117 Å². The average molecular weight is 889 g/mol. The minimum Gasteiger partial charge on any atom is -0.457 e. The fraction of sp³-hybridized carbons (Fsp3) is 0.510. The molecule has 0 unspecified atom stereocenters. The van der Waals surface area contributed by atoms with Gasteiger partial charge in [0.1, 0.15) is 17.2 Å². The quantitative estimate of drug-likeness (QED) is 0.149. The van der Waals surface area contributed by atoms with Gasteiger partial charge in [0.25, 0.3) is 0 Å². The molecule has 0 radical (unpaired) electrons. The number of rotatable bonds is 9. The van der Waals surface area contributed by atoms with Gasteiger partial charge in [-0.15, -0.1) is 29.3 Å². The standard InChI is InChI=1S/C49H68N2O7S2Si/c1-13-23-39(52)48(6,7)41-28-22-25-35-30-34(35)24-20-21-29-43-50-37(32-59-43)45(53)57-42(49(8,9)40(14-2)58-61(11,12)47(3,4)5)27-19-17-15-16-18-26-36(55-10)31-44-51-38(33-60-44)46(54)56-41/h13-26,29,32-36,39-42,52H,2,27-28,30-31H2,1,3-12H3/b16-15-,19-17-,23-13+,24-20+,25-22-,26-18+,29-21-/t34-,35+,36+,39+,40+,41+,42+/m1/s1. The van der Waals surface area contributed by atoms with E-state index in [0.29, 0.717) is 36.1 Å². The molecule has 1 fully saturated rings. The summed E-state index contributed by atoms with van der Waals surface area (Å²) in [5.41, 5.74) is -0.876. The van der Waals surface area contributed by atoms with Gasteiger partial charge in [0.2, 0.25) is 0 Å². The van der Waals surface area contributed by atoms with E-state index in [2.05, 4.69) is 82.5 Å². The zero-order valence-electron chi connectivity index (χ0n) is 38.0. The summed E-state index contributed by atoms with van der Waals surface area (Å²) in [6.07, 6.45) is 29.0. The summed E-state index contributed by atoms with van der Waals surface area (Å²) in [6, 6.07) is 0. The molecular formula is C49H68N2O7S2Si. The van der Waals surface area contributed by atoms with Crippen molar-refractivity contribution in [1.82, 2.24) is 9.97 Å². The Morgan fingerprint density at radius 3 is 2.10 bits per heavy atom. The number of esters is 2. The Labute approximate surface area is 373 Å². The first-order valence-corrected chi connectivity index (χ1v) is 25.9. The molecule has 0 saturated heterocycles. The number of hydrogen-bond donors (Lipinski definition) is 1. The summed E-state index contributed by atoms with van der Waals surface area (Å²) in [7, 11) is -0.560. The monoisotopic (exact) mass is 888 g/mol. The number of thiazole rings is 2. The SMILES string of the molecule is C=C[C@H](O[Si](C)(C)C(C)(C)C)C(C)(C)[C@@H]1C\C=C/C=C\C=C\[C@H](OC)Cc2nc(cs2)C(=O)O[C@H](C(C)(C)[C@@H](O)/C=C/C)C/C=C\[C@H]2C[C@H]2/C=C/C=C\c2nc(cs2)C(=O)O1. The van der Waals surface area contributed by atoms with E-state index in [1.54, 1.807) is 30.0 Å². The van der Waals surface area contributed by atoms with Crippen molar-refractivity contribution in [2.75, 3.05) is 7.11 Å². The third kappa shape index (κ3) is 14.1. The minimum absolute atomic E-state index is 0.0166. The van der Waals surface area contributed by atoms with Crippen LogP contribution in [-0.2, 0) is 25.1 Å². The Bertz CT molecular complexity index is 1990. The van der Waals surface area contributed by atoms with Crippen LogP contribution in [0.15, 0.2) is 102 Å². The molecule has 9 nitrogen and oxygen atoms in total. The van der Waals surface area contributed by atoms with Gasteiger partial charge >= 0.3 is 11.9 Å². The number of hydrogen-bond acceptors (Lipinski definition) is 11. The van der Waals surface area contributed by atoms with E-state index in [-0.39, 0.29) is 28.6 Å². The number of aliphatic hydroxyl groups is 1. The summed E-state index contributed by atoms with van der Waals surface area (Å²) in [5.74, 6) is -0.246. The van der Waals surface area contributed by atoms with E-state index in [9.17, 15) is 14.7 Å². The molecule has 332 valence electrons. The summed E-state index contributed by atoms with van der Waals surface area (Å²) in [5, 5.41) is 15.9. The fourth-order valence-corrected chi connectivity index (χ4v) is 9.43. The molecule has 4 rings (SSSR count). The molecule has 1 aliphatic heterocycles. The zero-order valence-corrected chi connectivity index (χ0v) is 40.6. The maximum absolute atomic E-state index is 13.7. The van der Waals surface area contributed by atoms with E-state index in [1.807, 2.05) is 81.5 Å². The predicted molar refractivity (Wildman–Crippen MR) is 253 cm³/mol. The van der Waals surface area contributed by atoms with Crippen LogP contribution in [0.25, 0.3) is 6.08 Å². The van der Waals surface area contributed by atoms with Gasteiger partial charge < -0.3 is 23.7 Å². The van der Waals surface area contributed by atoms with Gasteiger partial charge in [-0.25, -0.2) is 19.6 Å². The van der Waals surface area contributed by atoms with Crippen molar-refractivity contribution in [1.29, 1.82) is 0 Å². The van der Waals surface area contributed by atoms with Gasteiger partial charge in [0.15, 0.2) is 19.7 Å². The predicted octanol–water partition coefficient (Wildman–Crippen LogP) is 11.7. The van der Waals surface area contributed by atoms with Crippen LogP contribution < -0.4 is 0 Å². The molecule has 12 heteroatoms. The highest BCUT2D eigenvalue weighted by Crippen LogP contribution is 2.43. The average Bonchev–Trinajstić information content (AvgIpc) is 3.51.